The first-order valence-electron chi connectivity index (χ1n) is 12.3. The second-order valence-electron chi connectivity index (χ2n) is 10.2. The van der Waals surface area contributed by atoms with Crippen LogP contribution in [0.1, 0.15) is 35.3 Å². The summed E-state index contributed by atoms with van der Waals surface area (Å²) in [6.07, 6.45) is -5.35. The number of Topliss-reactive ketones (excluding diaryl/α,β-unsaturated/α-hetero) is 1. The molecule has 1 aliphatic rings. The lowest BCUT2D eigenvalue weighted by Gasteiger charge is -2.23. The normalized spacial score (nSPS) is 13.8. The Balaban J connectivity index is 1.79. The molecule has 1 heterocycles. The molecule has 0 spiro atoms. The lowest BCUT2D eigenvalue weighted by atomic mass is 9.82. The molecule has 194 valence electrons. The van der Waals surface area contributed by atoms with Gasteiger partial charge < -0.3 is 5.11 Å². The van der Waals surface area contributed by atoms with Crippen molar-refractivity contribution < 1.29 is 23.1 Å². The highest BCUT2D eigenvalue weighted by molar-refractivity contribution is 6.08. The highest BCUT2D eigenvalue weighted by Gasteiger charge is 2.44. The van der Waals surface area contributed by atoms with Crippen LogP contribution < -0.4 is 5.56 Å². The Bertz CT molecular complexity index is 1870. The van der Waals surface area contributed by atoms with Gasteiger partial charge in [0.25, 0.3) is 11.3 Å². The number of carbonyl (C=O) groups is 1. The highest BCUT2D eigenvalue weighted by atomic mass is 19.4. The van der Waals surface area contributed by atoms with Gasteiger partial charge in [-0.15, -0.1) is 0 Å². The van der Waals surface area contributed by atoms with Crippen molar-refractivity contribution in [1.82, 2.24) is 4.57 Å². The first-order valence-corrected chi connectivity index (χ1v) is 12.3. The van der Waals surface area contributed by atoms with Crippen molar-refractivity contribution in [3.63, 3.8) is 0 Å². The molecule has 4 aromatic carbocycles. The van der Waals surface area contributed by atoms with Gasteiger partial charge in [-0.1, -0.05) is 86.6 Å². The molecule has 1 aliphatic carbocycles. The maximum atomic E-state index is 13.8. The van der Waals surface area contributed by atoms with Crippen molar-refractivity contribution in [3.05, 3.63) is 118 Å². The highest BCUT2D eigenvalue weighted by Crippen LogP contribution is 2.50. The Morgan fingerprint density at radius 3 is 2.10 bits per heavy atom. The number of nitrogens with zero attached hydrogens (tertiary/aromatic N) is 1. The summed E-state index contributed by atoms with van der Waals surface area (Å²) in [7, 11) is 0. The van der Waals surface area contributed by atoms with Gasteiger partial charge in [0.05, 0.1) is 11.2 Å². The number of rotatable bonds is 3. The van der Waals surface area contributed by atoms with Crippen LogP contribution in [0.4, 0.5) is 13.2 Å². The number of hydrogen-bond donors (Lipinski definition) is 1. The number of aromatic hydroxyl groups is 1. The van der Waals surface area contributed by atoms with E-state index in [1.165, 1.54) is 0 Å². The predicted octanol–water partition coefficient (Wildman–Crippen LogP) is 7.41. The summed E-state index contributed by atoms with van der Waals surface area (Å²) in [6, 6.07) is 26.9. The monoisotopic (exact) mass is 525 g/mol. The maximum Gasteiger partial charge on any atom is 0.455 e. The molecule has 0 aliphatic heterocycles. The van der Waals surface area contributed by atoms with Gasteiger partial charge in [0.15, 0.2) is 0 Å². The van der Waals surface area contributed by atoms with Crippen LogP contribution >= 0.6 is 0 Å². The Kier molecular flexibility index (Phi) is 5.33. The summed E-state index contributed by atoms with van der Waals surface area (Å²) in [5.74, 6) is -3.37. The Hall–Kier alpha value is -4.65. The van der Waals surface area contributed by atoms with E-state index in [2.05, 4.69) is 0 Å². The molecule has 1 N–H and O–H groups in total. The minimum atomic E-state index is -5.35. The summed E-state index contributed by atoms with van der Waals surface area (Å²) in [5.41, 5.74) is 2.28. The van der Waals surface area contributed by atoms with E-state index in [0.29, 0.717) is 11.3 Å². The number of hydrogen-bond acceptors (Lipinski definition) is 3. The first kappa shape index (κ1) is 24.7. The van der Waals surface area contributed by atoms with Crippen LogP contribution in [-0.2, 0) is 5.41 Å². The van der Waals surface area contributed by atoms with Gasteiger partial charge in [0.1, 0.15) is 11.3 Å². The fourth-order valence-corrected chi connectivity index (χ4v) is 5.68. The molecule has 4 nitrogen and oxygen atoms in total. The topological polar surface area (TPSA) is 59.3 Å². The van der Waals surface area contributed by atoms with Gasteiger partial charge in [0.2, 0.25) is 0 Å². The van der Waals surface area contributed by atoms with E-state index in [9.17, 15) is 27.9 Å². The summed E-state index contributed by atoms with van der Waals surface area (Å²) < 4.78 is 42.2. The van der Waals surface area contributed by atoms with Gasteiger partial charge in [-0.3, -0.25) is 14.2 Å². The SMILES string of the molecule is CC1(C)c2ccccc2-c2cc3c(O)c(C(=O)C(F)(F)F)c(=O)n(-c4ccccc4-c4ccccc4)c3cc21. The van der Waals surface area contributed by atoms with Crippen molar-refractivity contribution in [2.75, 3.05) is 0 Å². The maximum absolute atomic E-state index is 13.8. The number of pyridine rings is 1. The third-order valence-electron chi connectivity index (χ3n) is 7.56. The van der Waals surface area contributed by atoms with Crippen molar-refractivity contribution in [2.24, 2.45) is 0 Å². The van der Waals surface area contributed by atoms with Crippen LogP contribution in [0.5, 0.6) is 5.75 Å². The lowest BCUT2D eigenvalue weighted by Crippen LogP contribution is -2.33. The Labute approximate surface area is 221 Å². The number of halogens is 3. The fourth-order valence-electron chi connectivity index (χ4n) is 5.68. The molecule has 0 saturated carbocycles. The molecule has 0 atom stereocenters. The average molecular weight is 526 g/mol. The molecular formula is C32H22F3NO3. The molecule has 6 rings (SSSR count). The quantitative estimate of drug-likeness (QED) is 0.250. The number of para-hydroxylation sites is 1. The summed E-state index contributed by atoms with van der Waals surface area (Å²) in [4.78, 5) is 26.4. The van der Waals surface area contributed by atoms with Crippen molar-refractivity contribution in [2.45, 2.75) is 25.4 Å². The third-order valence-corrected chi connectivity index (χ3v) is 7.56. The lowest BCUT2D eigenvalue weighted by molar-refractivity contribution is -0.0887. The molecule has 0 radical (unpaired) electrons. The molecule has 1 aromatic heterocycles. The average Bonchev–Trinajstić information content (AvgIpc) is 3.14. The number of carbonyl (C=O) groups excluding carboxylic acids is 1. The number of benzene rings is 4. The van der Waals surface area contributed by atoms with E-state index in [1.807, 2.05) is 68.4 Å². The zero-order valence-corrected chi connectivity index (χ0v) is 21.0. The molecule has 0 unspecified atom stereocenters. The van der Waals surface area contributed by atoms with Gasteiger partial charge in [-0.25, -0.2) is 0 Å². The van der Waals surface area contributed by atoms with E-state index in [-0.39, 0.29) is 10.9 Å². The first-order chi connectivity index (χ1) is 18.5. The fraction of sp³-hybridized carbons (Fsp3) is 0.125. The van der Waals surface area contributed by atoms with Crippen LogP contribution in [0.3, 0.4) is 0 Å². The minimum absolute atomic E-state index is 0.0173. The van der Waals surface area contributed by atoms with E-state index in [0.717, 1.165) is 32.4 Å². The number of fused-ring (bicyclic) bond motifs is 4. The van der Waals surface area contributed by atoms with Crippen LogP contribution in [0.25, 0.3) is 38.8 Å². The van der Waals surface area contributed by atoms with E-state index >= 15 is 0 Å². The van der Waals surface area contributed by atoms with Crippen molar-refractivity contribution in [3.8, 4) is 33.7 Å². The number of ketones is 1. The summed E-state index contributed by atoms with van der Waals surface area (Å²) in [6.45, 7) is 4.07. The molecule has 39 heavy (non-hydrogen) atoms. The Morgan fingerprint density at radius 1 is 0.795 bits per heavy atom. The molecule has 0 amide bonds. The molecule has 7 heteroatoms. The second kappa shape index (κ2) is 8.43. The largest absolute Gasteiger partial charge is 0.506 e. The Morgan fingerprint density at radius 2 is 1.41 bits per heavy atom. The molecule has 0 saturated heterocycles. The second-order valence-corrected chi connectivity index (χ2v) is 10.2. The van der Waals surface area contributed by atoms with Crippen molar-refractivity contribution in [1.29, 1.82) is 0 Å². The molecule has 5 aromatic rings. The van der Waals surface area contributed by atoms with Crippen LogP contribution in [0, 0.1) is 0 Å². The van der Waals surface area contributed by atoms with Gasteiger partial charge >= 0.3 is 6.18 Å². The number of aromatic nitrogens is 1. The summed E-state index contributed by atoms with van der Waals surface area (Å²) in [5, 5.41) is 11.1. The van der Waals surface area contributed by atoms with Gasteiger partial charge in [0, 0.05) is 16.4 Å². The van der Waals surface area contributed by atoms with Crippen molar-refractivity contribution >= 4 is 16.7 Å². The van der Waals surface area contributed by atoms with Crippen LogP contribution in [0.15, 0.2) is 95.8 Å². The molecular weight excluding hydrogens is 503 g/mol. The molecule has 0 fully saturated rings. The van der Waals surface area contributed by atoms with E-state index < -0.39 is 34.2 Å². The minimum Gasteiger partial charge on any atom is -0.506 e. The summed E-state index contributed by atoms with van der Waals surface area (Å²) >= 11 is 0. The standard InChI is InChI=1S/C32H22F3NO3/c1-31(2)23-14-8-6-13-20(23)21-16-22-26(17-24(21)31)36(30(39)27(28(22)37)29(38)32(33,34)35)25-15-9-7-12-19(25)18-10-4-3-5-11-18/h3-17,37H,1-2H3. The zero-order valence-electron chi connectivity index (χ0n) is 21.0. The van der Waals surface area contributed by atoms with Crippen LogP contribution in [-0.4, -0.2) is 21.6 Å². The predicted molar refractivity (Wildman–Crippen MR) is 145 cm³/mol. The zero-order chi connectivity index (χ0) is 27.7. The van der Waals surface area contributed by atoms with Crippen LogP contribution in [0.2, 0.25) is 0 Å². The van der Waals surface area contributed by atoms with Gasteiger partial charge in [-0.05, 0) is 46.0 Å². The van der Waals surface area contributed by atoms with Gasteiger partial charge in [-0.2, -0.15) is 13.2 Å². The van der Waals surface area contributed by atoms with E-state index in [1.54, 1.807) is 36.4 Å². The number of alkyl halides is 3. The smallest absolute Gasteiger partial charge is 0.455 e. The molecule has 0 bridgehead atoms. The third kappa shape index (κ3) is 3.61. The van der Waals surface area contributed by atoms with E-state index in [4.69, 9.17) is 0 Å².